The number of benzene rings is 1. The number of hydrogen-bond acceptors (Lipinski definition) is 3. The zero-order valence-corrected chi connectivity index (χ0v) is 11.0. The molecule has 1 aliphatic carbocycles. The average molecular weight is 280 g/mol. The summed E-state index contributed by atoms with van der Waals surface area (Å²) >= 11 is 0. The van der Waals surface area contributed by atoms with Crippen LogP contribution in [0.5, 0.6) is 0 Å². The van der Waals surface area contributed by atoms with Crippen molar-refractivity contribution in [2.75, 3.05) is 13.1 Å². The summed E-state index contributed by atoms with van der Waals surface area (Å²) in [6, 6.07) is 4.03. The maximum absolute atomic E-state index is 13.4. The van der Waals surface area contributed by atoms with Crippen molar-refractivity contribution in [3.63, 3.8) is 0 Å². The third-order valence-electron chi connectivity index (χ3n) is 3.14. The van der Waals surface area contributed by atoms with Gasteiger partial charge in [0.25, 0.3) is 0 Å². The second-order valence-corrected chi connectivity index (χ2v) is 4.86. The Bertz CT molecular complexity index is 515. The number of carbonyl (C=O) groups is 2. The topological polar surface area (TPSA) is 78.4 Å². The molecule has 1 aliphatic rings. The van der Waals surface area contributed by atoms with Crippen LogP contribution in [0, 0.1) is 11.7 Å². The molecule has 5 nitrogen and oxygen atoms in total. The third-order valence-corrected chi connectivity index (χ3v) is 3.14. The Morgan fingerprint density at radius 2 is 2.05 bits per heavy atom. The minimum atomic E-state index is -1.27. The summed E-state index contributed by atoms with van der Waals surface area (Å²) in [5, 5.41) is 14.6. The number of carbonyl (C=O) groups excluding carboxylic acids is 1. The van der Waals surface area contributed by atoms with E-state index in [1.165, 1.54) is 12.1 Å². The lowest BCUT2D eigenvalue weighted by atomic mass is 10.1. The lowest BCUT2D eigenvalue weighted by Gasteiger charge is -2.07. The number of nitrogens with one attached hydrogen (secondary N) is 2. The van der Waals surface area contributed by atoms with Gasteiger partial charge in [0.1, 0.15) is 5.82 Å². The molecule has 108 valence electrons. The molecular formula is C14H17FN2O3. The highest BCUT2D eigenvalue weighted by atomic mass is 19.1. The van der Waals surface area contributed by atoms with Crippen LogP contribution < -0.4 is 10.6 Å². The third kappa shape index (κ3) is 4.03. The van der Waals surface area contributed by atoms with Gasteiger partial charge in [-0.3, -0.25) is 4.79 Å². The fraction of sp³-hybridized carbons (Fsp3) is 0.429. The van der Waals surface area contributed by atoms with Gasteiger partial charge in [0.15, 0.2) is 0 Å². The number of amides is 1. The summed E-state index contributed by atoms with van der Waals surface area (Å²) in [4.78, 5) is 22.0. The van der Waals surface area contributed by atoms with Gasteiger partial charge in [0, 0.05) is 25.6 Å². The van der Waals surface area contributed by atoms with Crippen molar-refractivity contribution in [2.24, 2.45) is 5.92 Å². The van der Waals surface area contributed by atoms with Crippen LogP contribution in [-0.4, -0.2) is 30.1 Å². The normalized spacial score (nSPS) is 14.1. The molecule has 2 rings (SSSR count). The second kappa shape index (κ2) is 6.47. The lowest BCUT2D eigenvalue weighted by molar-refractivity contribution is -0.122. The zero-order chi connectivity index (χ0) is 14.5. The van der Waals surface area contributed by atoms with Gasteiger partial charge in [-0.15, -0.1) is 0 Å². The molecule has 0 bridgehead atoms. The van der Waals surface area contributed by atoms with Crippen molar-refractivity contribution in [1.29, 1.82) is 0 Å². The SMILES string of the molecule is O=C(O)c1ccc(CNCCNC(=O)C2CC2)cc1F. The van der Waals surface area contributed by atoms with Gasteiger partial charge >= 0.3 is 5.97 Å². The first-order valence-corrected chi connectivity index (χ1v) is 6.58. The summed E-state index contributed by atoms with van der Waals surface area (Å²) < 4.78 is 13.4. The highest BCUT2D eigenvalue weighted by molar-refractivity contribution is 5.87. The van der Waals surface area contributed by atoms with Crippen LogP contribution in [0.3, 0.4) is 0 Å². The molecule has 0 radical (unpaired) electrons. The second-order valence-electron chi connectivity index (χ2n) is 4.86. The van der Waals surface area contributed by atoms with Gasteiger partial charge in [-0.25, -0.2) is 9.18 Å². The van der Waals surface area contributed by atoms with Crippen molar-refractivity contribution in [1.82, 2.24) is 10.6 Å². The molecule has 1 saturated carbocycles. The van der Waals surface area contributed by atoms with Crippen molar-refractivity contribution in [3.8, 4) is 0 Å². The maximum Gasteiger partial charge on any atom is 0.338 e. The maximum atomic E-state index is 13.4. The van der Waals surface area contributed by atoms with E-state index in [9.17, 15) is 14.0 Å². The number of carboxylic acid groups (broad SMARTS) is 1. The van der Waals surface area contributed by atoms with Gasteiger partial charge in [-0.05, 0) is 30.5 Å². The molecule has 0 atom stereocenters. The highest BCUT2D eigenvalue weighted by Gasteiger charge is 2.28. The van der Waals surface area contributed by atoms with Crippen LogP contribution >= 0.6 is 0 Å². The Hall–Kier alpha value is -1.95. The largest absolute Gasteiger partial charge is 0.478 e. The van der Waals surface area contributed by atoms with E-state index in [0.29, 0.717) is 25.2 Å². The van der Waals surface area contributed by atoms with Gasteiger partial charge in [0.05, 0.1) is 5.56 Å². The molecule has 0 heterocycles. The fourth-order valence-corrected chi connectivity index (χ4v) is 1.84. The van der Waals surface area contributed by atoms with E-state index in [4.69, 9.17) is 5.11 Å². The van der Waals surface area contributed by atoms with Crippen molar-refractivity contribution in [2.45, 2.75) is 19.4 Å². The van der Waals surface area contributed by atoms with Crippen molar-refractivity contribution in [3.05, 3.63) is 35.1 Å². The molecule has 0 saturated heterocycles. The minimum Gasteiger partial charge on any atom is -0.478 e. The molecule has 0 aromatic heterocycles. The summed E-state index contributed by atoms with van der Waals surface area (Å²) in [6.45, 7) is 1.54. The van der Waals surface area contributed by atoms with E-state index < -0.39 is 11.8 Å². The Balaban J connectivity index is 1.69. The monoisotopic (exact) mass is 280 g/mol. The first kappa shape index (κ1) is 14.5. The van der Waals surface area contributed by atoms with Crippen LogP contribution in [0.15, 0.2) is 18.2 Å². The molecule has 6 heteroatoms. The van der Waals surface area contributed by atoms with Crippen LogP contribution in [0.1, 0.15) is 28.8 Å². The molecule has 1 aromatic rings. The van der Waals surface area contributed by atoms with Crippen LogP contribution in [0.4, 0.5) is 4.39 Å². The predicted molar refractivity (Wildman–Crippen MR) is 70.8 cm³/mol. The molecule has 1 fully saturated rings. The van der Waals surface area contributed by atoms with Crippen LogP contribution in [0.2, 0.25) is 0 Å². The van der Waals surface area contributed by atoms with Gasteiger partial charge in [-0.2, -0.15) is 0 Å². The van der Waals surface area contributed by atoms with E-state index in [1.54, 1.807) is 6.07 Å². The smallest absolute Gasteiger partial charge is 0.338 e. The zero-order valence-electron chi connectivity index (χ0n) is 11.0. The number of aromatic carboxylic acids is 1. The first-order valence-electron chi connectivity index (χ1n) is 6.58. The molecule has 1 amide bonds. The Morgan fingerprint density at radius 1 is 1.30 bits per heavy atom. The minimum absolute atomic E-state index is 0.101. The lowest BCUT2D eigenvalue weighted by Crippen LogP contribution is -2.32. The van der Waals surface area contributed by atoms with E-state index in [2.05, 4.69) is 10.6 Å². The van der Waals surface area contributed by atoms with Crippen LogP contribution in [-0.2, 0) is 11.3 Å². The van der Waals surface area contributed by atoms with Gasteiger partial charge in [0.2, 0.25) is 5.91 Å². The molecule has 1 aromatic carbocycles. The van der Waals surface area contributed by atoms with E-state index in [0.717, 1.165) is 12.8 Å². The molecule has 0 unspecified atom stereocenters. The van der Waals surface area contributed by atoms with Crippen molar-refractivity contribution >= 4 is 11.9 Å². The summed E-state index contributed by atoms with van der Waals surface area (Å²) in [6.07, 6.45) is 1.96. The predicted octanol–water partition coefficient (Wildman–Crippen LogP) is 1.14. The van der Waals surface area contributed by atoms with E-state index in [1.807, 2.05) is 0 Å². The Labute approximate surface area is 116 Å². The van der Waals surface area contributed by atoms with Gasteiger partial charge in [-0.1, -0.05) is 6.07 Å². The molecule has 0 spiro atoms. The average Bonchev–Trinajstić information content (AvgIpc) is 3.22. The number of hydrogen-bond donors (Lipinski definition) is 3. The molecular weight excluding hydrogens is 263 g/mol. The summed E-state index contributed by atoms with van der Waals surface area (Å²) in [7, 11) is 0. The number of carboxylic acids is 1. The van der Waals surface area contributed by atoms with Crippen LogP contribution in [0.25, 0.3) is 0 Å². The first-order chi connectivity index (χ1) is 9.58. The molecule has 0 aliphatic heterocycles. The number of rotatable bonds is 7. The molecule has 3 N–H and O–H groups in total. The quantitative estimate of drug-likeness (QED) is 0.654. The standard InChI is InChI=1S/C14H17FN2O3/c15-12-7-9(1-4-11(12)14(19)20)8-16-5-6-17-13(18)10-2-3-10/h1,4,7,10,16H,2-3,5-6,8H2,(H,17,18)(H,19,20). The van der Waals surface area contributed by atoms with Crippen molar-refractivity contribution < 1.29 is 19.1 Å². The fourth-order valence-electron chi connectivity index (χ4n) is 1.84. The molecule has 20 heavy (non-hydrogen) atoms. The Morgan fingerprint density at radius 3 is 2.65 bits per heavy atom. The van der Waals surface area contributed by atoms with E-state index >= 15 is 0 Å². The Kier molecular flexibility index (Phi) is 4.68. The van der Waals surface area contributed by atoms with E-state index in [-0.39, 0.29) is 17.4 Å². The highest BCUT2D eigenvalue weighted by Crippen LogP contribution is 2.28. The summed E-state index contributed by atoms with van der Waals surface area (Å²) in [5.74, 6) is -1.71. The number of halogens is 1. The van der Waals surface area contributed by atoms with Gasteiger partial charge < -0.3 is 15.7 Å². The summed E-state index contributed by atoms with van der Waals surface area (Å²) in [5.41, 5.74) is 0.339.